The summed E-state index contributed by atoms with van der Waals surface area (Å²) in [7, 11) is -3.87. The number of aryl methyl sites for hydroxylation is 1. The minimum Gasteiger partial charge on any atom is -0.464 e. The third-order valence-electron chi connectivity index (χ3n) is 5.88. The first-order chi connectivity index (χ1) is 15.8. The van der Waals surface area contributed by atoms with Crippen LogP contribution in [0.5, 0.6) is 0 Å². The molecule has 0 saturated carbocycles. The topological polar surface area (TPSA) is 104 Å². The highest BCUT2D eigenvalue weighted by Gasteiger charge is 2.39. The predicted molar refractivity (Wildman–Crippen MR) is 137 cm³/mol. The van der Waals surface area contributed by atoms with Gasteiger partial charge in [-0.05, 0) is 66.3 Å². The van der Waals surface area contributed by atoms with Gasteiger partial charge in [0.05, 0.1) is 10.9 Å². The summed E-state index contributed by atoms with van der Waals surface area (Å²) in [5.74, 6) is 0. The Morgan fingerprint density at radius 3 is 2.35 bits per heavy atom. The van der Waals surface area contributed by atoms with Crippen molar-refractivity contribution in [1.82, 2.24) is 10.0 Å². The monoisotopic (exact) mass is 549 g/mol. The number of amides is 1. The van der Waals surface area contributed by atoms with Gasteiger partial charge in [-0.2, -0.15) is 0 Å². The van der Waals surface area contributed by atoms with Crippen LogP contribution in [0.1, 0.15) is 63.3 Å². The van der Waals surface area contributed by atoms with Crippen LogP contribution in [-0.2, 0) is 16.4 Å². The summed E-state index contributed by atoms with van der Waals surface area (Å²) in [6.45, 7) is 8.37. The van der Waals surface area contributed by atoms with Crippen LogP contribution in [0.15, 0.2) is 57.5 Å². The van der Waals surface area contributed by atoms with E-state index >= 15 is 0 Å². The predicted octanol–water partition coefficient (Wildman–Crippen LogP) is 5.78. The van der Waals surface area contributed by atoms with E-state index in [9.17, 15) is 18.3 Å². The molecule has 0 unspecified atom stereocenters. The van der Waals surface area contributed by atoms with E-state index in [1.807, 2.05) is 63.0 Å². The standard InChI is InChI=1S/C25H32BrN3O4S/c1-5-14-28(24(30)31)29-22(13-8-17-6-9-19(26)10-7-17)21-12-11-20(34(27,32)33)15-18(21)16-23(29)25(2,3)4/h6-7,9-12,15-16,22H,5,8,13-14H2,1-4H3,(H,30,31)(H2,27,32,33)/t22-/m1/s1. The number of benzene rings is 2. The van der Waals surface area contributed by atoms with Crippen molar-refractivity contribution in [2.45, 2.75) is 57.9 Å². The number of sulfonamides is 1. The SMILES string of the molecule is CCCN(C(=O)O)N1C(C(C)(C)C)=Cc2cc(S(N)(=O)=O)ccc2[C@H]1CCc1ccc(Br)cc1. The number of hydrogen-bond donors (Lipinski definition) is 2. The van der Waals surface area contributed by atoms with Gasteiger partial charge in [-0.3, -0.25) is 5.01 Å². The first-order valence-electron chi connectivity index (χ1n) is 11.3. The van der Waals surface area contributed by atoms with E-state index in [2.05, 4.69) is 15.9 Å². The van der Waals surface area contributed by atoms with Crippen LogP contribution < -0.4 is 5.14 Å². The maximum absolute atomic E-state index is 12.4. The lowest BCUT2D eigenvalue weighted by molar-refractivity contribution is -0.0315. The Balaban J connectivity index is 2.17. The Labute approximate surface area is 210 Å². The molecule has 1 atom stereocenters. The van der Waals surface area contributed by atoms with Gasteiger partial charge < -0.3 is 5.11 Å². The number of nitrogens with two attached hydrogens (primary N) is 1. The molecule has 0 fully saturated rings. The van der Waals surface area contributed by atoms with Crippen molar-refractivity contribution in [1.29, 1.82) is 0 Å². The number of carbonyl (C=O) groups is 1. The fourth-order valence-electron chi connectivity index (χ4n) is 4.27. The molecule has 1 aliphatic rings. The number of fused-ring (bicyclic) bond motifs is 1. The Hall–Kier alpha value is -2.36. The number of rotatable bonds is 7. The van der Waals surface area contributed by atoms with Gasteiger partial charge in [0.25, 0.3) is 0 Å². The lowest BCUT2D eigenvalue weighted by Crippen LogP contribution is -2.51. The second-order valence-electron chi connectivity index (χ2n) is 9.55. The van der Waals surface area contributed by atoms with E-state index in [0.717, 1.165) is 33.3 Å². The first-order valence-corrected chi connectivity index (χ1v) is 13.6. The second-order valence-corrected chi connectivity index (χ2v) is 12.0. The fraction of sp³-hybridized carbons (Fsp3) is 0.400. The summed E-state index contributed by atoms with van der Waals surface area (Å²) in [6.07, 6.45) is 2.91. The number of carboxylic acid groups (broad SMARTS) is 1. The number of hydrogen-bond acceptors (Lipinski definition) is 4. The average Bonchev–Trinajstić information content (AvgIpc) is 2.74. The van der Waals surface area contributed by atoms with Gasteiger partial charge in [0.15, 0.2) is 0 Å². The summed E-state index contributed by atoms with van der Waals surface area (Å²) in [5, 5.41) is 18.8. The van der Waals surface area contributed by atoms with E-state index in [4.69, 9.17) is 5.14 Å². The second kappa shape index (κ2) is 10.1. The van der Waals surface area contributed by atoms with Crippen molar-refractivity contribution in [3.8, 4) is 0 Å². The highest BCUT2D eigenvalue weighted by atomic mass is 79.9. The molecule has 9 heteroatoms. The van der Waals surface area contributed by atoms with E-state index in [-0.39, 0.29) is 10.9 Å². The zero-order valence-electron chi connectivity index (χ0n) is 20.0. The maximum Gasteiger partial charge on any atom is 0.426 e. The molecular weight excluding hydrogens is 518 g/mol. The molecule has 0 aliphatic carbocycles. The van der Waals surface area contributed by atoms with Crippen LogP contribution in [0, 0.1) is 5.41 Å². The van der Waals surface area contributed by atoms with E-state index < -0.39 is 21.5 Å². The molecule has 3 rings (SSSR count). The van der Waals surface area contributed by atoms with Crippen LogP contribution in [0.25, 0.3) is 6.08 Å². The van der Waals surface area contributed by atoms with Crippen molar-refractivity contribution in [2.75, 3.05) is 6.54 Å². The summed E-state index contributed by atoms with van der Waals surface area (Å²) in [6, 6.07) is 12.6. The van der Waals surface area contributed by atoms with Gasteiger partial charge in [0.2, 0.25) is 10.0 Å². The maximum atomic E-state index is 12.4. The normalized spacial score (nSPS) is 16.1. The Morgan fingerprint density at radius 2 is 1.82 bits per heavy atom. The van der Waals surface area contributed by atoms with Crippen molar-refractivity contribution < 1.29 is 18.3 Å². The van der Waals surface area contributed by atoms with Gasteiger partial charge in [-0.25, -0.2) is 23.4 Å². The lowest BCUT2D eigenvalue weighted by Gasteiger charge is -2.48. The molecule has 2 aromatic rings. The lowest BCUT2D eigenvalue weighted by atomic mass is 9.83. The summed E-state index contributed by atoms with van der Waals surface area (Å²) >= 11 is 3.46. The zero-order chi connectivity index (χ0) is 25.3. The van der Waals surface area contributed by atoms with Crippen molar-refractivity contribution in [3.63, 3.8) is 0 Å². The third kappa shape index (κ3) is 5.82. The number of nitrogens with zero attached hydrogens (tertiary/aromatic N) is 2. The van der Waals surface area contributed by atoms with Crippen molar-refractivity contribution in [3.05, 3.63) is 69.3 Å². The van der Waals surface area contributed by atoms with Gasteiger partial charge >= 0.3 is 6.09 Å². The number of allylic oxidation sites excluding steroid dienone is 1. The summed E-state index contributed by atoms with van der Waals surface area (Å²) in [4.78, 5) is 12.4. The van der Waals surface area contributed by atoms with Gasteiger partial charge in [-0.1, -0.05) is 61.8 Å². The van der Waals surface area contributed by atoms with Crippen LogP contribution in [0.4, 0.5) is 4.79 Å². The average molecular weight is 551 g/mol. The highest BCUT2D eigenvalue weighted by molar-refractivity contribution is 9.10. The zero-order valence-corrected chi connectivity index (χ0v) is 22.4. The smallest absolute Gasteiger partial charge is 0.426 e. The Morgan fingerprint density at radius 1 is 1.18 bits per heavy atom. The molecule has 1 amide bonds. The molecule has 0 aromatic heterocycles. The highest BCUT2D eigenvalue weighted by Crippen LogP contribution is 2.44. The molecule has 0 bridgehead atoms. The number of primary sulfonamides is 1. The summed E-state index contributed by atoms with van der Waals surface area (Å²) in [5.41, 5.74) is 3.17. The third-order valence-corrected chi connectivity index (χ3v) is 7.32. The quantitative estimate of drug-likeness (QED) is 0.455. The molecule has 3 N–H and O–H groups in total. The molecule has 0 saturated heterocycles. The van der Waals surface area contributed by atoms with E-state index in [1.54, 1.807) is 12.1 Å². The minimum absolute atomic E-state index is 0.0412. The van der Waals surface area contributed by atoms with Crippen LogP contribution in [0.3, 0.4) is 0 Å². The molecule has 34 heavy (non-hydrogen) atoms. The first kappa shape index (κ1) is 26.2. The van der Waals surface area contributed by atoms with Gasteiger partial charge in [0, 0.05) is 22.1 Å². The van der Waals surface area contributed by atoms with E-state index in [0.29, 0.717) is 19.4 Å². The van der Waals surface area contributed by atoms with Gasteiger partial charge in [0.1, 0.15) is 0 Å². The Kier molecular flexibility index (Phi) is 7.79. The molecule has 7 nitrogen and oxygen atoms in total. The van der Waals surface area contributed by atoms with Crippen molar-refractivity contribution in [2.24, 2.45) is 10.6 Å². The molecule has 1 heterocycles. The molecular formula is C25H32BrN3O4S. The molecule has 0 radical (unpaired) electrons. The molecule has 2 aromatic carbocycles. The van der Waals surface area contributed by atoms with Crippen LogP contribution in [-0.4, -0.2) is 36.2 Å². The molecule has 0 spiro atoms. The number of halogens is 1. The van der Waals surface area contributed by atoms with E-state index in [1.165, 1.54) is 11.1 Å². The summed E-state index contributed by atoms with van der Waals surface area (Å²) < 4.78 is 25.0. The fourth-order valence-corrected chi connectivity index (χ4v) is 5.08. The van der Waals surface area contributed by atoms with Gasteiger partial charge in [-0.15, -0.1) is 0 Å². The number of hydrazine groups is 1. The largest absolute Gasteiger partial charge is 0.464 e. The van der Waals surface area contributed by atoms with Crippen molar-refractivity contribution >= 4 is 38.1 Å². The van der Waals surface area contributed by atoms with Crippen LogP contribution in [0.2, 0.25) is 0 Å². The molecule has 184 valence electrons. The Bertz CT molecular complexity index is 1190. The van der Waals surface area contributed by atoms with Crippen LogP contribution >= 0.6 is 15.9 Å². The molecule has 1 aliphatic heterocycles. The minimum atomic E-state index is -3.87.